The first kappa shape index (κ1) is 41.0. The summed E-state index contributed by atoms with van der Waals surface area (Å²) >= 11 is 0. The fourth-order valence-electron chi connectivity index (χ4n) is 8.29. The van der Waals surface area contributed by atoms with Crippen molar-refractivity contribution in [1.29, 1.82) is 0 Å². The van der Waals surface area contributed by atoms with E-state index in [2.05, 4.69) is 81.3 Å². The van der Waals surface area contributed by atoms with Crippen molar-refractivity contribution in [2.75, 3.05) is 27.3 Å². The highest BCUT2D eigenvalue weighted by atomic mass is 16.5. The number of aromatic amines is 2. The quantitative estimate of drug-likeness (QED) is 0.105. The number of nitrogens with one attached hydrogen (secondary N) is 4. The van der Waals surface area contributed by atoms with Gasteiger partial charge in [0.2, 0.25) is 11.8 Å². The molecule has 7 rings (SSSR count). The van der Waals surface area contributed by atoms with Gasteiger partial charge in [0.1, 0.15) is 23.7 Å². The van der Waals surface area contributed by atoms with E-state index in [4.69, 9.17) is 19.4 Å². The van der Waals surface area contributed by atoms with Crippen LogP contribution in [0.25, 0.3) is 44.4 Å². The second-order valence-corrected chi connectivity index (χ2v) is 16.2. The number of imidazole rings is 2. The van der Waals surface area contributed by atoms with Gasteiger partial charge in [0.15, 0.2) is 0 Å². The number of amides is 4. The van der Waals surface area contributed by atoms with E-state index >= 15 is 0 Å². The summed E-state index contributed by atoms with van der Waals surface area (Å²) in [4.78, 5) is 71.4. The fraction of sp³-hybridized carbons (Fsp3) is 0.422. The molecule has 2 aliphatic heterocycles. The second kappa shape index (κ2) is 17.8. The molecule has 2 saturated heterocycles. The maximum Gasteiger partial charge on any atom is 0.407 e. The number of methoxy groups -OCH3 is 2. The summed E-state index contributed by atoms with van der Waals surface area (Å²) in [6, 6.07) is 19.3. The maximum absolute atomic E-state index is 13.7. The Morgan fingerprint density at radius 3 is 1.58 bits per heavy atom. The number of benzene rings is 3. The van der Waals surface area contributed by atoms with Crippen LogP contribution in [0.4, 0.5) is 9.59 Å². The van der Waals surface area contributed by atoms with Crippen molar-refractivity contribution in [1.82, 2.24) is 40.4 Å². The van der Waals surface area contributed by atoms with Crippen LogP contribution < -0.4 is 10.6 Å². The Hall–Kier alpha value is -6.18. The zero-order valence-electron chi connectivity index (χ0n) is 34.6. The molecule has 59 heavy (non-hydrogen) atoms. The van der Waals surface area contributed by atoms with Crippen LogP contribution >= 0.6 is 0 Å². The number of alkyl carbamates (subject to hydrolysis) is 2. The number of aromatic nitrogens is 4. The summed E-state index contributed by atoms with van der Waals surface area (Å²) in [6.45, 7) is 8.82. The average molecular weight is 803 g/mol. The topological polar surface area (TPSA) is 175 Å². The van der Waals surface area contributed by atoms with Crippen molar-refractivity contribution in [2.45, 2.75) is 84.0 Å². The molecule has 4 atom stereocenters. The first-order valence-corrected chi connectivity index (χ1v) is 20.5. The molecular formula is C45H54N8O6. The van der Waals surface area contributed by atoms with E-state index in [0.29, 0.717) is 13.1 Å². The number of piperidine rings is 1. The Bertz CT molecular complexity index is 2300. The van der Waals surface area contributed by atoms with E-state index in [1.54, 1.807) is 0 Å². The largest absolute Gasteiger partial charge is 0.453 e. The molecular weight excluding hydrogens is 749 g/mol. The van der Waals surface area contributed by atoms with Crippen LogP contribution in [0, 0.1) is 11.8 Å². The molecule has 4 unspecified atom stereocenters. The zero-order chi connectivity index (χ0) is 41.8. The van der Waals surface area contributed by atoms with Crippen LogP contribution in [0.3, 0.4) is 0 Å². The normalized spacial score (nSPS) is 17.9. The Balaban J connectivity index is 1.03. The smallest absolute Gasteiger partial charge is 0.407 e. The highest BCUT2D eigenvalue weighted by Crippen LogP contribution is 2.35. The molecule has 14 nitrogen and oxygen atoms in total. The summed E-state index contributed by atoms with van der Waals surface area (Å²) < 4.78 is 9.56. The van der Waals surface area contributed by atoms with Crippen molar-refractivity contribution >= 4 is 34.8 Å². The van der Waals surface area contributed by atoms with Gasteiger partial charge in [-0.25, -0.2) is 19.6 Å². The first-order chi connectivity index (χ1) is 28.4. The molecule has 4 N–H and O–H groups in total. The van der Waals surface area contributed by atoms with Crippen molar-refractivity contribution in [3.05, 3.63) is 84.7 Å². The summed E-state index contributed by atoms with van der Waals surface area (Å²) in [7, 11) is 2.59. The Kier molecular flexibility index (Phi) is 12.3. The summed E-state index contributed by atoms with van der Waals surface area (Å²) in [5.74, 6) is 0.982. The molecule has 0 radical (unpaired) electrons. The zero-order valence-corrected chi connectivity index (χ0v) is 34.6. The minimum atomic E-state index is -0.693. The lowest BCUT2D eigenvalue weighted by atomic mass is 9.97. The number of hydrogen-bond acceptors (Lipinski definition) is 8. The van der Waals surface area contributed by atoms with E-state index in [-0.39, 0.29) is 35.7 Å². The number of H-pyrrole nitrogens is 2. The minimum absolute atomic E-state index is 0.104. The van der Waals surface area contributed by atoms with E-state index < -0.39 is 24.3 Å². The van der Waals surface area contributed by atoms with Gasteiger partial charge in [0.05, 0.1) is 50.1 Å². The van der Waals surface area contributed by atoms with Crippen molar-refractivity contribution < 1.29 is 28.7 Å². The lowest BCUT2D eigenvalue weighted by molar-refractivity contribution is -0.138. The van der Waals surface area contributed by atoms with Gasteiger partial charge in [0.25, 0.3) is 0 Å². The van der Waals surface area contributed by atoms with Crippen LogP contribution in [-0.4, -0.2) is 93.1 Å². The molecule has 5 aromatic rings. The van der Waals surface area contributed by atoms with Crippen LogP contribution in [-0.2, 0) is 19.1 Å². The number of likely N-dealkylation sites (tertiary alicyclic amines) is 2. The van der Waals surface area contributed by atoms with Crippen LogP contribution in [0.1, 0.15) is 83.5 Å². The number of rotatable bonds is 11. The van der Waals surface area contributed by atoms with Gasteiger partial charge in [-0.1, -0.05) is 76.2 Å². The Labute approximate surface area is 344 Å². The van der Waals surface area contributed by atoms with E-state index in [1.807, 2.05) is 49.9 Å². The minimum Gasteiger partial charge on any atom is -0.453 e. The molecule has 0 spiro atoms. The number of carbonyl (C=O) groups is 4. The van der Waals surface area contributed by atoms with Gasteiger partial charge in [-0.3, -0.25) is 9.59 Å². The first-order valence-electron chi connectivity index (χ1n) is 20.5. The summed E-state index contributed by atoms with van der Waals surface area (Å²) in [5, 5.41) is 7.62. The maximum atomic E-state index is 13.7. The fourth-order valence-corrected chi connectivity index (χ4v) is 8.29. The monoisotopic (exact) mass is 802 g/mol. The number of fused-ring (bicyclic) bond motifs is 1. The molecule has 2 aromatic heterocycles. The SMILES string of the molecule is COC(=O)NC(C(=O)N1CCCCC1c1ncc(-c2ccc3cc(-c4ccc(-c5cnc(C6CCCN6C(=O)C(NC(=O)OC)C(C)C)[nH]5)cc4)ccc3c2)[nH]1)C(C)C. The van der Waals surface area contributed by atoms with Crippen LogP contribution in [0.15, 0.2) is 73.1 Å². The van der Waals surface area contributed by atoms with E-state index in [0.717, 1.165) is 88.2 Å². The summed E-state index contributed by atoms with van der Waals surface area (Å²) in [6.07, 6.45) is 6.69. The second-order valence-electron chi connectivity index (χ2n) is 16.2. The standard InChI is InChI=1S/C45H54N8O6/c1-26(2)38(50-44(56)58-5)42(54)52-20-8-7-10-36(52)40-47-25-35(49-40)33-19-18-31-22-30(16-17-32(31)23-33)28-12-14-29(15-13-28)34-24-46-41(48-34)37-11-9-21-53(37)43(55)39(27(3)4)51-45(57)59-6/h12-19,22-27,36-39H,7-11,20-21H2,1-6H3,(H,46,48)(H,47,49)(H,50,56)(H,51,57). The van der Waals surface area contributed by atoms with E-state index in [1.165, 1.54) is 14.2 Å². The highest BCUT2D eigenvalue weighted by molar-refractivity contribution is 5.91. The third-order valence-electron chi connectivity index (χ3n) is 11.6. The molecule has 4 heterocycles. The molecule has 14 heteroatoms. The number of hydrogen-bond donors (Lipinski definition) is 4. The lowest BCUT2D eigenvalue weighted by Gasteiger charge is -2.37. The van der Waals surface area contributed by atoms with Gasteiger partial charge in [-0.2, -0.15) is 0 Å². The predicted molar refractivity (Wildman–Crippen MR) is 225 cm³/mol. The van der Waals surface area contributed by atoms with Crippen molar-refractivity contribution in [3.63, 3.8) is 0 Å². The molecule has 0 bridgehead atoms. The Morgan fingerprint density at radius 2 is 1.05 bits per heavy atom. The van der Waals surface area contributed by atoms with Crippen LogP contribution in [0.2, 0.25) is 0 Å². The number of ether oxygens (including phenoxy) is 2. The van der Waals surface area contributed by atoms with Gasteiger partial charge in [-0.05, 0) is 83.5 Å². The highest BCUT2D eigenvalue weighted by Gasteiger charge is 2.38. The molecule has 3 aromatic carbocycles. The van der Waals surface area contributed by atoms with Crippen molar-refractivity contribution in [2.24, 2.45) is 11.8 Å². The Morgan fingerprint density at radius 1 is 0.610 bits per heavy atom. The molecule has 310 valence electrons. The summed E-state index contributed by atoms with van der Waals surface area (Å²) in [5.41, 5.74) is 5.89. The van der Waals surface area contributed by atoms with Gasteiger partial charge < -0.3 is 39.9 Å². The van der Waals surface area contributed by atoms with Crippen molar-refractivity contribution in [3.8, 4) is 33.6 Å². The van der Waals surface area contributed by atoms with Gasteiger partial charge in [-0.15, -0.1) is 0 Å². The predicted octanol–water partition coefficient (Wildman–Crippen LogP) is 7.77. The molecule has 2 fully saturated rings. The molecule has 0 aliphatic carbocycles. The van der Waals surface area contributed by atoms with Crippen LogP contribution in [0.5, 0.6) is 0 Å². The van der Waals surface area contributed by atoms with Gasteiger partial charge >= 0.3 is 12.2 Å². The molecule has 0 saturated carbocycles. The third-order valence-corrected chi connectivity index (χ3v) is 11.6. The molecule has 2 aliphatic rings. The third kappa shape index (κ3) is 8.81. The average Bonchev–Trinajstić information content (AvgIpc) is 4.06. The van der Waals surface area contributed by atoms with E-state index in [9.17, 15) is 19.2 Å². The number of carbonyl (C=O) groups excluding carboxylic acids is 4. The van der Waals surface area contributed by atoms with Gasteiger partial charge in [0, 0.05) is 18.7 Å². The lowest BCUT2D eigenvalue weighted by Crippen LogP contribution is -2.53. The number of nitrogens with zero attached hydrogens (tertiary/aromatic N) is 4. The molecule has 4 amide bonds.